The molecule has 0 spiro atoms. The summed E-state index contributed by atoms with van der Waals surface area (Å²) in [5, 5.41) is 7.19. The van der Waals surface area contributed by atoms with E-state index in [-0.39, 0.29) is 0 Å². The first-order valence-electron chi connectivity index (χ1n) is 9.75. The predicted octanol–water partition coefficient (Wildman–Crippen LogP) is 3.78. The molecule has 2 saturated carbocycles. The van der Waals surface area contributed by atoms with Crippen LogP contribution in [0.2, 0.25) is 0 Å². The fourth-order valence-electron chi connectivity index (χ4n) is 4.27. The fraction of sp³-hybridized carbons (Fsp3) is 0.381. The molecule has 4 atom stereocenters. The van der Waals surface area contributed by atoms with Crippen LogP contribution in [0.25, 0.3) is 0 Å². The Kier molecular flexibility index (Phi) is 4.68. The summed E-state index contributed by atoms with van der Waals surface area (Å²) in [6.45, 7) is 0.894. The van der Waals surface area contributed by atoms with Gasteiger partial charge in [0.2, 0.25) is 5.95 Å². The van der Waals surface area contributed by atoms with Crippen LogP contribution in [0, 0.1) is 11.8 Å². The van der Waals surface area contributed by atoms with Gasteiger partial charge in [-0.25, -0.2) is 15.0 Å². The van der Waals surface area contributed by atoms with Gasteiger partial charge in [-0.15, -0.1) is 11.8 Å². The molecule has 2 fully saturated rings. The van der Waals surface area contributed by atoms with Gasteiger partial charge in [0.1, 0.15) is 5.82 Å². The smallest absolute Gasteiger partial charge is 0.222 e. The van der Waals surface area contributed by atoms with Gasteiger partial charge in [-0.3, -0.25) is 0 Å². The number of hydrogen-bond donors (Lipinski definition) is 2. The van der Waals surface area contributed by atoms with Crippen molar-refractivity contribution < 1.29 is 0 Å². The second kappa shape index (κ2) is 7.47. The van der Waals surface area contributed by atoms with E-state index in [1.807, 2.05) is 30.9 Å². The summed E-state index contributed by atoms with van der Waals surface area (Å²) in [5.74, 6) is 3.13. The Morgan fingerprint density at radius 2 is 1.79 bits per heavy atom. The van der Waals surface area contributed by atoms with E-state index in [1.54, 1.807) is 11.8 Å². The van der Waals surface area contributed by atoms with Crippen molar-refractivity contribution in [3.8, 4) is 0 Å². The first-order chi connectivity index (χ1) is 13.8. The van der Waals surface area contributed by atoms with E-state index in [4.69, 9.17) is 0 Å². The Bertz CT molecular complexity index is 879. The fourth-order valence-corrected chi connectivity index (χ4v) is 4.58. The molecule has 2 aliphatic carbocycles. The number of nitrogens with zero attached hydrogens (tertiary/aromatic N) is 4. The first kappa shape index (κ1) is 17.6. The molecule has 0 aromatic carbocycles. The molecule has 0 saturated heterocycles. The topological polar surface area (TPSA) is 66.0 Å². The van der Waals surface area contributed by atoms with Crippen molar-refractivity contribution in [3.63, 3.8) is 0 Å². The van der Waals surface area contributed by atoms with Gasteiger partial charge >= 0.3 is 0 Å². The molecule has 28 heavy (non-hydrogen) atoms. The van der Waals surface area contributed by atoms with Crippen LogP contribution in [0.15, 0.2) is 60.0 Å². The van der Waals surface area contributed by atoms with Crippen molar-refractivity contribution in [1.29, 1.82) is 0 Å². The Morgan fingerprint density at radius 1 is 0.964 bits per heavy atom. The largest absolute Gasteiger partial charge is 0.367 e. The lowest BCUT2D eigenvalue weighted by molar-refractivity contribution is 0.610. The third-order valence-electron chi connectivity index (χ3n) is 5.84. The van der Waals surface area contributed by atoms with Crippen LogP contribution >= 0.6 is 11.8 Å². The summed E-state index contributed by atoms with van der Waals surface area (Å²) in [6.07, 6.45) is 18.4. The number of anilines is 3. The summed E-state index contributed by atoms with van der Waals surface area (Å²) in [7, 11) is 0. The molecule has 0 bridgehead atoms. The van der Waals surface area contributed by atoms with Crippen LogP contribution in [0.1, 0.15) is 12.8 Å². The van der Waals surface area contributed by atoms with Crippen molar-refractivity contribution in [2.24, 2.45) is 11.8 Å². The van der Waals surface area contributed by atoms with Crippen LogP contribution in [0.4, 0.5) is 17.5 Å². The lowest BCUT2D eigenvalue weighted by Gasteiger charge is -2.22. The molecular formula is C21H24N6S. The minimum atomic E-state index is 0.437. The standard InChI is InChI=1S/C21H24N6S/c1-28-15-12-23-21(24-13-15)26-19-10-18(16-9-17(16)19)25-20-6-5-14(11-22-20)27-7-3-2-4-8-27/h2-7,11-13,16-19H,8-10H2,1H3,(H,22,25)(H,23,24,26)/t16-,17+,18+,19+/m0/s1. The maximum atomic E-state index is 4.64. The molecule has 0 radical (unpaired) electrons. The molecule has 0 unspecified atom stereocenters. The Balaban J connectivity index is 1.19. The Hall–Kier alpha value is -2.54. The van der Waals surface area contributed by atoms with Crippen LogP contribution in [0.3, 0.4) is 0 Å². The number of nitrogens with one attached hydrogen (secondary N) is 2. The Morgan fingerprint density at radius 3 is 2.46 bits per heavy atom. The molecule has 2 aromatic rings. The zero-order valence-electron chi connectivity index (χ0n) is 15.8. The van der Waals surface area contributed by atoms with E-state index >= 15 is 0 Å². The third-order valence-corrected chi connectivity index (χ3v) is 6.52. The van der Waals surface area contributed by atoms with Crippen LogP contribution in [0.5, 0.6) is 0 Å². The summed E-state index contributed by atoms with van der Waals surface area (Å²) < 4.78 is 0. The highest BCUT2D eigenvalue weighted by Gasteiger charge is 2.54. The highest BCUT2D eigenvalue weighted by Crippen LogP contribution is 2.53. The molecule has 7 heteroatoms. The molecule has 6 nitrogen and oxygen atoms in total. The van der Waals surface area contributed by atoms with Crippen molar-refractivity contribution >= 4 is 29.2 Å². The van der Waals surface area contributed by atoms with E-state index in [0.29, 0.717) is 18.0 Å². The lowest BCUT2D eigenvalue weighted by atomic mass is 10.1. The average Bonchev–Trinajstić information content (AvgIpc) is 3.49. The van der Waals surface area contributed by atoms with Crippen LogP contribution < -0.4 is 15.5 Å². The quantitative estimate of drug-likeness (QED) is 0.725. The molecule has 3 aliphatic rings. The number of hydrogen-bond acceptors (Lipinski definition) is 7. The number of pyridine rings is 1. The van der Waals surface area contributed by atoms with E-state index in [9.17, 15) is 0 Å². The van der Waals surface area contributed by atoms with Crippen molar-refractivity contribution in [2.75, 3.05) is 28.3 Å². The zero-order chi connectivity index (χ0) is 18.9. The van der Waals surface area contributed by atoms with Gasteiger partial charge < -0.3 is 15.5 Å². The molecule has 5 rings (SSSR count). The van der Waals surface area contributed by atoms with Crippen molar-refractivity contribution in [2.45, 2.75) is 29.8 Å². The highest BCUT2D eigenvalue weighted by molar-refractivity contribution is 7.98. The summed E-state index contributed by atoms with van der Waals surface area (Å²) in [6, 6.07) is 5.12. The van der Waals surface area contributed by atoms with Gasteiger partial charge in [0, 0.05) is 42.1 Å². The molecule has 144 valence electrons. The lowest BCUT2D eigenvalue weighted by Crippen LogP contribution is -2.26. The first-order valence-corrected chi connectivity index (χ1v) is 11.0. The average molecular weight is 393 g/mol. The number of aromatic nitrogens is 3. The number of fused-ring (bicyclic) bond motifs is 1. The van der Waals surface area contributed by atoms with E-state index in [1.165, 1.54) is 6.42 Å². The molecule has 2 N–H and O–H groups in total. The molecule has 0 amide bonds. The maximum Gasteiger partial charge on any atom is 0.222 e. The predicted molar refractivity (Wildman–Crippen MR) is 115 cm³/mol. The van der Waals surface area contributed by atoms with Gasteiger partial charge in [-0.1, -0.05) is 12.2 Å². The molecule has 3 heterocycles. The number of rotatable bonds is 6. The van der Waals surface area contributed by atoms with E-state index in [2.05, 4.69) is 61.0 Å². The maximum absolute atomic E-state index is 4.64. The van der Waals surface area contributed by atoms with Crippen LogP contribution in [-0.4, -0.2) is 39.8 Å². The minimum Gasteiger partial charge on any atom is -0.367 e. The second-order valence-electron chi connectivity index (χ2n) is 7.57. The second-order valence-corrected chi connectivity index (χ2v) is 8.45. The van der Waals surface area contributed by atoms with Gasteiger partial charge in [0.25, 0.3) is 0 Å². The van der Waals surface area contributed by atoms with Crippen LogP contribution in [-0.2, 0) is 0 Å². The van der Waals surface area contributed by atoms with E-state index < -0.39 is 0 Å². The summed E-state index contributed by atoms with van der Waals surface area (Å²) in [4.78, 5) is 16.8. The summed E-state index contributed by atoms with van der Waals surface area (Å²) >= 11 is 1.66. The monoisotopic (exact) mass is 392 g/mol. The normalized spacial score (nSPS) is 27.5. The van der Waals surface area contributed by atoms with Gasteiger partial charge in [-0.2, -0.15) is 0 Å². The molecular weight excluding hydrogens is 368 g/mol. The zero-order valence-corrected chi connectivity index (χ0v) is 16.6. The number of thioether (sulfide) groups is 1. The number of allylic oxidation sites excluding steroid dienone is 2. The molecule has 2 aromatic heterocycles. The van der Waals surface area contributed by atoms with Gasteiger partial charge in [-0.05, 0) is 49.1 Å². The highest BCUT2D eigenvalue weighted by atomic mass is 32.2. The third kappa shape index (κ3) is 3.58. The SMILES string of the molecule is CSc1cnc(N[C@@H]2C[C@@H](Nc3ccc(N4C=CC=CC4)cn3)[C@H]3C[C@H]32)nc1. The van der Waals surface area contributed by atoms with Crippen molar-refractivity contribution in [1.82, 2.24) is 15.0 Å². The van der Waals surface area contributed by atoms with Gasteiger partial charge in [0.15, 0.2) is 0 Å². The Labute approximate surface area is 169 Å². The summed E-state index contributed by atoms with van der Waals surface area (Å²) in [5.41, 5.74) is 1.12. The molecule has 1 aliphatic heterocycles. The van der Waals surface area contributed by atoms with Crippen molar-refractivity contribution in [3.05, 3.63) is 55.2 Å². The van der Waals surface area contributed by atoms with Gasteiger partial charge in [0.05, 0.1) is 11.9 Å². The van der Waals surface area contributed by atoms with E-state index in [0.717, 1.165) is 41.2 Å². The minimum absolute atomic E-state index is 0.437.